The summed E-state index contributed by atoms with van der Waals surface area (Å²) in [5.41, 5.74) is 0.367. The highest BCUT2D eigenvalue weighted by Crippen LogP contribution is 2.46. The summed E-state index contributed by atoms with van der Waals surface area (Å²) >= 11 is 9.73. The summed E-state index contributed by atoms with van der Waals surface area (Å²) in [5.74, 6) is 0.673. The van der Waals surface area contributed by atoms with Crippen LogP contribution in [-0.4, -0.2) is 13.2 Å². The van der Waals surface area contributed by atoms with Crippen molar-refractivity contribution in [1.29, 1.82) is 0 Å². The standard InChI is InChI=1S/C13H13BrClNO2/c1-18-12-7-11(15)9(6-10(12)14)13(16-8-17)4-2-3-5-13/h6-7H,2-5H2,1H3. The molecular formula is C13H13BrClNO2. The molecule has 1 fully saturated rings. The van der Waals surface area contributed by atoms with Gasteiger partial charge in [0, 0.05) is 16.7 Å². The Morgan fingerprint density at radius 3 is 2.67 bits per heavy atom. The smallest absolute Gasteiger partial charge is 0.235 e. The Labute approximate surface area is 119 Å². The van der Waals surface area contributed by atoms with Gasteiger partial charge in [-0.1, -0.05) is 24.4 Å². The van der Waals surface area contributed by atoms with E-state index in [-0.39, 0.29) is 0 Å². The number of nitrogens with zero attached hydrogens (tertiary/aromatic N) is 1. The van der Waals surface area contributed by atoms with Gasteiger partial charge in [0.15, 0.2) is 0 Å². The molecule has 0 aliphatic heterocycles. The number of isocyanates is 1. The molecule has 1 aromatic carbocycles. The molecule has 0 unspecified atom stereocenters. The second-order valence-corrected chi connectivity index (χ2v) is 5.67. The first-order valence-corrected chi connectivity index (χ1v) is 6.92. The van der Waals surface area contributed by atoms with Crippen LogP contribution in [0.5, 0.6) is 5.75 Å². The Morgan fingerprint density at radius 2 is 2.11 bits per heavy atom. The van der Waals surface area contributed by atoms with E-state index in [1.807, 2.05) is 6.07 Å². The first-order chi connectivity index (χ1) is 8.63. The molecule has 1 saturated carbocycles. The van der Waals surface area contributed by atoms with Crippen LogP contribution in [0.3, 0.4) is 0 Å². The zero-order chi connectivity index (χ0) is 13.2. The van der Waals surface area contributed by atoms with Gasteiger partial charge in [-0.2, -0.15) is 4.99 Å². The number of ether oxygens (including phenoxy) is 1. The number of hydrogen-bond acceptors (Lipinski definition) is 3. The minimum atomic E-state index is -0.506. The van der Waals surface area contributed by atoms with Crippen molar-refractivity contribution in [2.24, 2.45) is 4.99 Å². The van der Waals surface area contributed by atoms with E-state index >= 15 is 0 Å². The van der Waals surface area contributed by atoms with Crippen LogP contribution in [0, 0.1) is 0 Å². The highest BCUT2D eigenvalue weighted by atomic mass is 79.9. The molecule has 0 N–H and O–H groups in total. The maximum atomic E-state index is 10.7. The van der Waals surface area contributed by atoms with Gasteiger partial charge < -0.3 is 4.74 Å². The first-order valence-electron chi connectivity index (χ1n) is 5.75. The lowest BCUT2D eigenvalue weighted by atomic mass is 9.89. The van der Waals surface area contributed by atoms with E-state index in [0.717, 1.165) is 35.7 Å². The summed E-state index contributed by atoms with van der Waals surface area (Å²) in [7, 11) is 1.59. The monoisotopic (exact) mass is 329 g/mol. The van der Waals surface area contributed by atoms with Gasteiger partial charge in [-0.25, -0.2) is 4.79 Å². The molecule has 0 radical (unpaired) electrons. The molecule has 0 heterocycles. The number of hydrogen-bond donors (Lipinski definition) is 0. The van der Waals surface area contributed by atoms with Gasteiger partial charge in [0.1, 0.15) is 5.75 Å². The molecule has 0 bridgehead atoms. The molecule has 0 atom stereocenters. The van der Waals surface area contributed by atoms with Crippen molar-refractivity contribution in [1.82, 2.24) is 0 Å². The van der Waals surface area contributed by atoms with Crippen LogP contribution in [0.1, 0.15) is 31.2 Å². The third-order valence-corrected chi connectivity index (χ3v) is 4.37. The van der Waals surface area contributed by atoms with Crippen LogP contribution < -0.4 is 4.74 Å². The minimum absolute atomic E-state index is 0.506. The van der Waals surface area contributed by atoms with Crippen molar-refractivity contribution in [3.8, 4) is 5.75 Å². The van der Waals surface area contributed by atoms with Crippen molar-refractivity contribution in [2.75, 3.05) is 7.11 Å². The summed E-state index contributed by atoms with van der Waals surface area (Å²) in [6, 6.07) is 3.65. The van der Waals surface area contributed by atoms with Crippen molar-refractivity contribution in [2.45, 2.75) is 31.2 Å². The van der Waals surface area contributed by atoms with E-state index in [2.05, 4.69) is 20.9 Å². The highest BCUT2D eigenvalue weighted by Gasteiger charge is 2.37. The van der Waals surface area contributed by atoms with Gasteiger partial charge in [0.25, 0.3) is 0 Å². The van der Waals surface area contributed by atoms with Gasteiger partial charge in [0.05, 0.1) is 17.1 Å². The number of benzene rings is 1. The number of rotatable bonds is 3. The Morgan fingerprint density at radius 1 is 1.44 bits per heavy atom. The van der Waals surface area contributed by atoms with Crippen LogP contribution in [0.15, 0.2) is 21.6 Å². The van der Waals surface area contributed by atoms with Crippen LogP contribution in [0.25, 0.3) is 0 Å². The fourth-order valence-electron chi connectivity index (χ4n) is 2.53. The van der Waals surface area contributed by atoms with Gasteiger partial charge >= 0.3 is 0 Å². The number of carbonyl (C=O) groups excluding carboxylic acids is 1. The zero-order valence-corrected chi connectivity index (χ0v) is 12.3. The SMILES string of the molecule is COc1cc(Cl)c(C2(N=C=O)CCCC2)cc1Br. The normalized spacial score (nSPS) is 17.3. The maximum Gasteiger partial charge on any atom is 0.235 e. The van der Waals surface area contributed by atoms with E-state index in [1.54, 1.807) is 19.3 Å². The Hall–Kier alpha value is -0.830. The van der Waals surface area contributed by atoms with Crippen molar-refractivity contribution in [3.63, 3.8) is 0 Å². The molecule has 3 nitrogen and oxygen atoms in total. The highest BCUT2D eigenvalue weighted by molar-refractivity contribution is 9.10. The van der Waals surface area contributed by atoms with Crippen LogP contribution in [-0.2, 0) is 10.3 Å². The quantitative estimate of drug-likeness (QED) is 0.615. The molecule has 5 heteroatoms. The van der Waals surface area contributed by atoms with E-state index in [1.165, 1.54) is 0 Å². The third-order valence-electron chi connectivity index (χ3n) is 3.43. The van der Waals surface area contributed by atoms with E-state index in [0.29, 0.717) is 10.8 Å². The van der Waals surface area contributed by atoms with Crippen molar-refractivity contribution < 1.29 is 9.53 Å². The summed E-state index contributed by atoms with van der Waals surface area (Å²) in [5, 5.41) is 0.580. The van der Waals surface area contributed by atoms with Gasteiger partial charge in [-0.15, -0.1) is 0 Å². The molecule has 1 aromatic rings. The van der Waals surface area contributed by atoms with Crippen LogP contribution >= 0.6 is 27.5 Å². The molecular weight excluding hydrogens is 318 g/mol. The average Bonchev–Trinajstić information content (AvgIpc) is 2.81. The molecule has 0 saturated heterocycles. The van der Waals surface area contributed by atoms with Gasteiger partial charge in [-0.05, 0) is 34.8 Å². The zero-order valence-electron chi connectivity index (χ0n) is 10.0. The predicted octanol–water partition coefficient (Wildman–Crippen LogP) is 4.22. The molecule has 0 aromatic heterocycles. The molecule has 1 aliphatic rings. The molecule has 96 valence electrons. The summed E-state index contributed by atoms with van der Waals surface area (Å²) in [4.78, 5) is 14.7. The third kappa shape index (κ3) is 2.33. The number of methoxy groups -OCH3 is 1. The second kappa shape index (κ2) is 5.43. The molecule has 2 rings (SSSR count). The van der Waals surface area contributed by atoms with E-state index in [4.69, 9.17) is 16.3 Å². The fourth-order valence-corrected chi connectivity index (χ4v) is 3.37. The molecule has 0 amide bonds. The van der Waals surface area contributed by atoms with Crippen LogP contribution in [0.2, 0.25) is 5.02 Å². The molecule has 0 spiro atoms. The van der Waals surface area contributed by atoms with Crippen molar-refractivity contribution in [3.05, 3.63) is 27.2 Å². The topological polar surface area (TPSA) is 38.7 Å². The first kappa shape index (κ1) is 13.6. The summed E-state index contributed by atoms with van der Waals surface area (Å²) in [6.07, 6.45) is 5.46. The van der Waals surface area contributed by atoms with Crippen molar-refractivity contribution >= 4 is 33.6 Å². The molecule has 18 heavy (non-hydrogen) atoms. The van der Waals surface area contributed by atoms with Gasteiger partial charge in [0.2, 0.25) is 6.08 Å². The van der Waals surface area contributed by atoms with E-state index in [9.17, 15) is 4.79 Å². The van der Waals surface area contributed by atoms with Crippen LogP contribution in [0.4, 0.5) is 0 Å². The lowest BCUT2D eigenvalue weighted by molar-refractivity contribution is 0.410. The second-order valence-electron chi connectivity index (χ2n) is 4.41. The maximum absolute atomic E-state index is 10.7. The number of aliphatic imine (C=N–C) groups is 1. The lowest BCUT2D eigenvalue weighted by Crippen LogP contribution is -2.19. The molecule has 1 aliphatic carbocycles. The fraction of sp³-hybridized carbons (Fsp3) is 0.462. The Bertz CT molecular complexity index is 506. The summed E-state index contributed by atoms with van der Waals surface area (Å²) < 4.78 is 6.01. The Balaban J connectivity index is 2.55. The summed E-state index contributed by atoms with van der Waals surface area (Å²) in [6.45, 7) is 0. The lowest BCUT2D eigenvalue weighted by Gasteiger charge is -2.24. The average molecular weight is 331 g/mol. The van der Waals surface area contributed by atoms with Gasteiger partial charge in [-0.3, -0.25) is 0 Å². The largest absolute Gasteiger partial charge is 0.496 e. The Kier molecular flexibility index (Phi) is 4.10. The number of halogens is 2. The predicted molar refractivity (Wildman–Crippen MR) is 74.0 cm³/mol. The van der Waals surface area contributed by atoms with E-state index < -0.39 is 5.54 Å². The minimum Gasteiger partial charge on any atom is -0.496 e.